The lowest BCUT2D eigenvalue weighted by atomic mass is 10.2. The standard InChI is InChI=1S/C19H17FN4O3/c1-12(25)23-15-7-4-10-21-19(15)24-17(26)8-9-18-22-11-16(27-18)13-5-2-3-6-14(13)20/h2-7,10-11H,8-9H2,1H3,(H,23,25)(H,21,24,26). The van der Waals surface area contributed by atoms with Gasteiger partial charge in [0.1, 0.15) is 5.82 Å². The van der Waals surface area contributed by atoms with Crippen LogP contribution in [0.4, 0.5) is 15.9 Å². The second-order valence-corrected chi connectivity index (χ2v) is 5.73. The molecule has 3 rings (SSSR count). The van der Waals surface area contributed by atoms with Crippen molar-refractivity contribution in [2.24, 2.45) is 0 Å². The average molecular weight is 368 g/mol. The van der Waals surface area contributed by atoms with E-state index in [9.17, 15) is 14.0 Å². The van der Waals surface area contributed by atoms with E-state index in [0.29, 0.717) is 22.9 Å². The lowest BCUT2D eigenvalue weighted by Crippen LogP contribution is -2.16. The first kappa shape index (κ1) is 18.2. The van der Waals surface area contributed by atoms with Crippen LogP contribution in [0.15, 0.2) is 53.2 Å². The van der Waals surface area contributed by atoms with Crippen LogP contribution in [0.25, 0.3) is 11.3 Å². The van der Waals surface area contributed by atoms with Gasteiger partial charge in [0, 0.05) is 26.0 Å². The Balaban J connectivity index is 1.61. The number of aryl methyl sites for hydroxylation is 1. The van der Waals surface area contributed by atoms with Gasteiger partial charge in [-0.1, -0.05) is 12.1 Å². The van der Waals surface area contributed by atoms with Crippen LogP contribution in [-0.4, -0.2) is 21.8 Å². The Kier molecular flexibility index (Phi) is 5.55. The predicted molar refractivity (Wildman–Crippen MR) is 97.4 cm³/mol. The molecular formula is C19H17FN4O3. The van der Waals surface area contributed by atoms with Crippen LogP contribution in [0.1, 0.15) is 19.2 Å². The molecule has 2 N–H and O–H groups in total. The SMILES string of the molecule is CC(=O)Nc1cccnc1NC(=O)CCc1ncc(-c2ccccc2F)o1. The minimum atomic E-state index is -0.404. The largest absolute Gasteiger partial charge is 0.441 e. The van der Waals surface area contributed by atoms with Crippen molar-refractivity contribution in [1.29, 1.82) is 0 Å². The molecule has 0 atom stereocenters. The number of hydrogen-bond donors (Lipinski definition) is 2. The van der Waals surface area contributed by atoms with Gasteiger partial charge < -0.3 is 15.1 Å². The maximum Gasteiger partial charge on any atom is 0.226 e. The fourth-order valence-electron chi connectivity index (χ4n) is 2.42. The van der Waals surface area contributed by atoms with Crippen molar-refractivity contribution >= 4 is 23.3 Å². The molecule has 0 saturated carbocycles. The maximum atomic E-state index is 13.8. The molecule has 8 heteroatoms. The Morgan fingerprint density at radius 1 is 1.11 bits per heavy atom. The molecule has 0 aliphatic carbocycles. The number of carbonyl (C=O) groups is 2. The van der Waals surface area contributed by atoms with Gasteiger partial charge in [-0.05, 0) is 24.3 Å². The highest BCUT2D eigenvalue weighted by atomic mass is 19.1. The zero-order valence-electron chi connectivity index (χ0n) is 14.5. The Morgan fingerprint density at radius 3 is 2.70 bits per heavy atom. The second kappa shape index (κ2) is 8.22. The number of pyridine rings is 1. The molecule has 2 aromatic heterocycles. The molecule has 0 spiro atoms. The van der Waals surface area contributed by atoms with Gasteiger partial charge in [-0.15, -0.1) is 0 Å². The molecule has 0 bridgehead atoms. The molecule has 2 heterocycles. The highest BCUT2D eigenvalue weighted by Crippen LogP contribution is 2.24. The summed E-state index contributed by atoms with van der Waals surface area (Å²) in [7, 11) is 0. The number of carbonyl (C=O) groups excluding carboxylic acids is 2. The van der Waals surface area contributed by atoms with Crippen molar-refractivity contribution in [2.45, 2.75) is 19.8 Å². The molecule has 0 fully saturated rings. The quantitative estimate of drug-likeness (QED) is 0.695. The van der Waals surface area contributed by atoms with Crippen LogP contribution in [0, 0.1) is 5.82 Å². The fourth-order valence-corrected chi connectivity index (χ4v) is 2.42. The van der Waals surface area contributed by atoms with Crippen LogP contribution in [-0.2, 0) is 16.0 Å². The van der Waals surface area contributed by atoms with Gasteiger partial charge in [-0.2, -0.15) is 0 Å². The molecule has 0 aliphatic rings. The summed E-state index contributed by atoms with van der Waals surface area (Å²) in [6.07, 6.45) is 3.27. The van der Waals surface area contributed by atoms with E-state index in [1.807, 2.05) is 0 Å². The Labute approximate surface area is 154 Å². The first-order valence-electron chi connectivity index (χ1n) is 8.25. The van der Waals surface area contributed by atoms with Crippen LogP contribution in [0.3, 0.4) is 0 Å². The van der Waals surface area contributed by atoms with E-state index >= 15 is 0 Å². The average Bonchev–Trinajstić information content (AvgIpc) is 3.10. The summed E-state index contributed by atoms with van der Waals surface area (Å²) >= 11 is 0. The third-order valence-corrected chi connectivity index (χ3v) is 3.64. The molecule has 0 radical (unpaired) electrons. The summed E-state index contributed by atoms with van der Waals surface area (Å²) in [5.41, 5.74) is 0.727. The van der Waals surface area contributed by atoms with Gasteiger partial charge in [-0.25, -0.2) is 14.4 Å². The Morgan fingerprint density at radius 2 is 1.93 bits per heavy atom. The molecule has 27 heavy (non-hydrogen) atoms. The van der Waals surface area contributed by atoms with E-state index in [4.69, 9.17) is 4.42 Å². The van der Waals surface area contributed by atoms with Gasteiger partial charge in [0.15, 0.2) is 17.5 Å². The zero-order chi connectivity index (χ0) is 19.2. The summed E-state index contributed by atoms with van der Waals surface area (Å²) in [5.74, 6) is -0.0895. The number of amides is 2. The van der Waals surface area contributed by atoms with Gasteiger partial charge in [0.25, 0.3) is 0 Å². The van der Waals surface area contributed by atoms with E-state index in [-0.39, 0.29) is 30.5 Å². The number of nitrogens with zero attached hydrogens (tertiary/aromatic N) is 2. The molecule has 0 saturated heterocycles. The van der Waals surface area contributed by atoms with Gasteiger partial charge in [0.2, 0.25) is 11.8 Å². The number of anilines is 2. The fraction of sp³-hybridized carbons (Fsp3) is 0.158. The lowest BCUT2D eigenvalue weighted by Gasteiger charge is -2.09. The number of nitrogens with one attached hydrogen (secondary N) is 2. The number of oxazole rings is 1. The number of halogens is 1. The molecule has 0 unspecified atom stereocenters. The van der Waals surface area contributed by atoms with Crippen molar-refractivity contribution in [1.82, 2.24) is 9.97 Å². The van der Waals surface area contributed by atoms with Crippen molar-refractivity contribution in [3.63, 3.8) is 0 Å². The third kappa shape index (κ3) is 4.75. The highest BCUT2D eigenvalue weighted by Gasteiger charge is 2.13. The van der Waals surface area contributed by atoms with E-state index in [0.717, 1.165) is 0 Å². The number of benzene rings is 1. The number of aromatic nitrogens is 2. The minimum Gasteiger partial charge on any atom is -0.441 e. The zero-order valence-corrected chi connectivity index (χ0v) is 14.5. The van der Waals surface area contributed by atoms with Crippen LogP contribution in [0.2, 0.25) is 0 Å². The lowest BCUT2D eigenvalue weighted by molar-refractivity contribution is -0.116. The van der Waals surface area contributed by atoms with Crippen LogP contribution < -0.4 is 10.6 Å². The number of rotatable bonds is 6. The summed E-state index contributed by atoms with van der Waals surface area (Å²) in [6, 6.07) is 9.51. The Bertz CT molecular complexity index is 971. The summed E-state index contributed by atoms with van der Waals surface area (Å²) in [4.78, 5) is 31.5. The first-order valence-corrected chi connectivity index (χ1v) is 8.25. The third-order valence-electron chi connectivity index (χ3n) is 3.64. The van der Waals surface area contributed by atoms with Crippen molar-refractivity contribution in [3.8, 4) is 11.3 Å². The molecule has 138 valence electrons. The molecule has 0 aliphatic heterocycles. The molecule has 3 aromatic rings. The van der Waals surface area contributed by atoms with E-state index < -0.39 is 5.82 Å². The smallest absolute Gasteiger partial charge is 0.226 e. The summed E-state index contributed by atoms with van der Waals surface area (Å²) in [5, 5.41) is 5.24. The van der Waals surface area contributed by atoms with E-state index in [1.54, 1.807) is 30.3 Å². The number of hydrogen-bond acceptors (Lipinski definition) is 5. The highest BCUT2D eigenvalue weighted by molar-refractivity contribution is 5.97. The van der Waals surface area contributed by atoms with Crippen molar-refractivity contribution < 1.29 is 18.4 Å². The minimum absolute atomic E-state index is 0.0906. The normalized spacial score (nSPS) is 10.4. The maximum absolute atomic E-state index is 13.8. The topological polar surface area (TPSA) is 97.1 Å². The van der Waals surface area contributed by atoms with Crippen molar-refractivity contribution in [3.05, 3.63) is 60.5 Å². The summed E-state index contributed by atoms with van der Waals surface area (Å²) < 4.78 is 19.3. The molecule has 7 nitrogen and oxygen atoms in total. The summed E-state index contributed by atoms with van der Waals surface area (Å²) in [6.45, 7) is 1.37. The monoisotopic (exact) mass is 368 g/mol. The van der Waals surface area contributed by atoms with Crippen molar-refractivity contribution in [2.75, 3.05) is 10.6 Å². The van der Waals surface area contributed by atoms with Gasteiger partial charge >= 0.3 is 0 Å². The predicted octanol–water partition coefficient (Wildman–Crippen LogP) is 3.41. The molecule has 1 aromatic carbocycles. The Hall–Kier alpha value is -3.55. The van der Waals surface area contributed by atoms with Crippen LogP contribution in [0.5, 0.6) is 0 Å². The van der Waals surface area contributed by atoms with Crippen LogP contribution >= 0.6 is 0 Å². The molecular weight excluding hydrogens is 351 g/mol. The van der Waals surface area contributed by atoms with E-state index in [1.165, 1.54) is 25.4 Å². The van der Waals surface area contributed by atoms with Gasteiger partial charge in [0.05, 0.1) is 17.4 Å². The van der Waals surface area contributed by atoms with E-state index in [2.05, 4.69) is 20.6 Å². The first-order chi connectivity index (χ1) is 13.0. The second-order valence-electron chi connectivity index (χ2n) is 5.73. The van der Waals surface area contributed by atoms with Gasteiger partial charge in [-0.3, -0.25) is 9.59 Å². The molecule has 2 amide bonds.